The highest BCUT2D eigenvalue weighted by Gasteiger charge is 2.17. The summed E-state index contributed by atoms with van der Waals surface area (Å²) in [6, 6.07) is 8.33. The van der Waals surface area contributed by atoms with E-state index in [1.54, 1.807) is 6.20 Å². The molecule has 0 bridgehead atoms. The van der Waals surface area contributed by atoms with Crippen LogP contribution in [0.1, 0.15) is 22.8 Å². The number of furan rings is 1. The molecule has 0 radical (unpaired) electrons. The van der Waals surface area contributed by atoms with Gasteiger partial charge in [0.2, 0.25) is 0 Å². The second kappa shape index (κ2) is 6.73. The molecule has 0 aliphatic heterocycles. The number of aromatic nitrogens is 3. The summed E-state index contributed by atoms with van der Waals surface area (Å²) >= 11 is 4.94. The molecule has 0 unspecified atom stereocenters. The third-order valence-corrected chi connectivity index (χ3v) is 5.46. The average molecular weight is 437 g/mol. The second-order valence-corrected chi connectivity index (χ2v) is 7.44. The van der Waals surface area contributed by atoms with Crippen molar-refractivity contribution in [2.45, 2.75) is 12.8 Å². The monoisotopic (exact) mass is 436 g/mol. The first-order chi connectivity index (χ1) is 12.5. The summed E-state index contributed by atoms with van der Waals surface area (Å²) in [6.45, 7) is 0. The van der Waals surface area contributed by atoms with E-state index in [0.717, 1.165) is 20.4 Å². The molecule has 26 heavy (non-hydrogen) atoms. The van der Waals surface area contributed by atoms with Gasteiger partial charge in [-0.3, -0.25) is 4.98 Å². The minimum atomic E-state index is -2.69. The van der Waals surface area contributed by atoms with Gasteiger partial charge < -0.3 is 10.2 Å². The molecule has 0 saturated carbocycles. The van der Waals surface area contributed by atoms with Crippen LogP contribution in [0.15, 0.2) is 45.4 Å². The minimum Gasteiger partial charge on any atom is -0.452 e. The fourth-order valence-electron chi connectivity index (χ4n) is 2.49. The van der Waals surface area contributed by atoms with Gasteiger partial charge in [0.05, 0.1) is 11.1 Å². The number of anilines is 1. The van der Waals surface area contributed by atoms with Crippen LogP contribution in [0.25, 0.3) is 21.8 Å². The number of pyridine rings is 1. The Labute approximate surface area is 159 Å². The van der Waals surface area contributed by atoms with E-state index in [4.69, 9.17) is 10.2 Å². The molecular formula is C17H11BrF2N4OS. The van der Waals surface area contributed by atoms with Gasteiger partial charge in [-0.05, 0) is 46.3 Å². The van der Waals surface area contributed by atoms with E-state index < -0.39 is 12.2 Å². The SMILES string of the molecule is Nc1nc(-c2ccc(C(F)F)o2)nc2sc(Cc3ncccc3Br)cc12. The van der Waals surface area contributed by atoms with Gasteiger partial charge in [0.25, 0.3) is 6.43 Å². The van der Waals surface area contributed by atoms with Crippen molar-refractivity contribution in [2.75, 3.05) is 5.73 Å². The van der Waals surface area contributed by atoms with E-state index in [-0.39, 0.29) is 17.4 Å². The first kappa shape index (κ1) is 17.0. The Morgan fingerprint density at radius 1 is 1.23 bits per heavy atom. The summed E-state index contributed by atoms with van der Waals surface area (Å²) in [5, 5.41) is 0.724. The van der Waals surface area contributed by atoms with Gasteiger partial charge in [-0.2, -0.15) is 0 Å². The Morgan fingerprint density at radius 3 is 2.81 bits per heavy atom. The van der Waals surface area contributed by atoms with Crippen molar-refractivity contribution in [3.63, 3.8) is 0 Å². The van der Waals surface area contributed by atoms with E-state index in [2.05, 4.69) is 30.9 Å². The normalized spacial score (nSPS) is 11.5. The summed E-state index contributed by atoms with van der Waals surface area (Å²) in [5.74, 6) is 0.211. The predicted molar refractivity (Wildman–Crippen MR) is 99.2 cm³/mol. The lowest BCUT2D eigenvalue weighted by Gasteiger charge is -1.99. The van der Waals surface area contributed by atoms with Gasteiger partial charge in [-0.1, -0.05) is 0 Å². The lowest BCUT2D eigenvalue weighted by Crippen LogP contribution is -1.95. The maximum absolute atomic E-state index is 12.7. The molecule has 0 fully saturated rings. The van der Waals surface area contributed by atoms with Crippen LogP contribution in [-0.2, 0) is 6.42 Å². The maximum atomic E-state index is 12.7. The lowest BCUT2D eigenvalue weighted by molar-refractivity contribution is 0.122. The van der Waals surface area contributed by atoms with Crippen LogP contribution in [-0.4, -0.2) is 15.0 Å². The molecule has 4 aromatic rings. The third-order valence-electron chi connectivity index (χ3n) is 3.71. The molecule has 2 N–H and O–H groups in total. The lowest BCUT2D eigenvalue weighted by atomic mass is 10.2. The van der Waals surface area contributed by atoms with Crippen molar-refractivity contribution in [2.24, 2.45) is 0 Å². The Bertz CT molecular complexity index is 1100. The van der Waals surface area contributed by atoms with E-state index in [9.17, 15) is 8.78 Å². The number of rotatable bonds is 4. The van der Waals surface area contributed by atoms with Crippen LogP contribution < -0.4 is 5.73 Å². The van der Waals surface area contributed by atoms with E-state index >= 15 is 0 Å². The smallest absolute Gasteiger partial charge is 0.295 e. The number of hydrogen-bond acceptors (Lipinski definition) is 6. The Balaban J connectivity index is 1.72. The maximum Gasteiger partial charge on any atom is 0.295 e. The molecule has 5 nitrogen and oxygen atoms in total. The quantitative estimate of drug-likeness (QED) is 0.474. The van der Waals surface area contributed by atoms with Crippen molar-refractivity contribution in [1.82, 2.24) is 15.0 Å². The summed E-state index contributed by atoms with van der Waals surface area (Å²) in [7, 11) is 0. The number of hydrogen-bond donors (Lipinski definition) is 1. The van der Waals surface area contributed by atoms with Gasteiger partial charge in [0.1, 0.15) is 10.6 Å². The van der Waals surface area contributed by atoms with Crippen molar-refractivity contribution < 1.29 is 13.2 Å². The molecule has 0 aromatic carbocycles. The van der Waals surface area contributed by atoms with Crippen molar-refractivity contribution >= 4 is 43.3 Å². The highest BCUT2D eigenvalue weighted by Crippen LogP contribution is 2.33. The molecule has 4 heterocycles. The van der Waals surface area contributed by atoms with Crippen LogP contribution in [0, 0.1) is 0 Å². The highest BCUT2D eigenvalue weighted by molar-refractivity contribution is 9.10. The molecule has 0 saturated heterocycles. The van der Waals surface area contributed by atoms with Crippen LogP contribution in [0.2, 0.25) is 0 Å². The standard InChI is InChI=1S/C17H11BrF2N4OS/c18-10-2-1-5-22-11(10)7-8-6-9-15(21)23-16(24-17(9)26-8)13-4-3-12(25-13)14(19)20/h1-6,14H,7H2,(H2,21,23,24). The Morgan fingerprint density at radius 2 is 2.08 bits per heavy atom. The number of thiophene rings is 1. The largest absolute Gasteiger partial charge is 0.452 e. The zero-order valence-electron chi connectivity index (χ0n) is 13.1. The number of nitrogen functional groups attached to an aromatic ring is 1. The molecule has 9 heteroatoms. The molecule has 4 rings (SSSR count). The zero-order valence-corrected chi connectivity index (χ0v) is 15.5. The van der Waals surface area contributed by atoms with Crippen LogP contribution >= 0.6 is 27.3 Å². The number of alkyl halides is 2. The molecule has 4 aromatic heterocycles. The van der Waals surface area contributed by atoms with Gasteiger partial charge >= 0.3 is 0 Å². The molecule has 0 atom stereocenters. The summed E-state index contributed by atoms with van der Waals surface area (Å²) in [4.78, 5) is 14.7. The minimum absolute atomic E-state index is 0.163. The van der Waals surface area contributed by atoms with Gasteiger partial charge in [0.15, 0.2) is 17.3 Å². The number of nitrogens with zero attached hydrogens (tertiary/aromatic N) is 3. The second-order valence-electron chi connectivity index (χ2n) is 5.48. The third kappa shape index (κ3) is 3.19. The van der Waals surface area contributed by atoms with E-state index in [1.807, 2.05) is 18.2 Å². The first-order valence-electron chi connectivity index (χ1n) is 7.55. The summed E-state index contributed by atoms with van der Waals surface area (Å²) in [6.07, 6.45) is -0.333. The zero-order chi connectivity index (χ0) is 18.3. The fourth-order valence-corrected chi connectivity index (χ4v) is 3.93. The van der Waals surface area contributed by atoms with Crippen molar-refractivity contribution in [3.8, 4) is 11.6 Å². The molecular weight excluding hydrogens is 426 g/mol. The number of nitrogens with two attached hydrogens (primary N) is 1. The van der Waals surface area contributed by atoms with Gasteiger partial charge in [0, 0.05) is 22.0 Å². The van der Waals surface area contributed by atoms with Crippen molar-refractivity contribution in [3.05, 3.63) is 57.3 Å². The Hall–Kier alpha value is -2.39. The van der Waals surface area contributed by atoms with Crippen LogP contribution in [0.4, 0.5) is 14.6 Å². The van der Waals surface area contributed by atoms with Crippen LogP contribution in [0.3, 0.4) is 0 Å². The van der Waals surface area contributed by atoms with Gasteiger partial charge in [-0.25, -0.2) is 18.7 Å². The summed E-state index contributed by atoms with van der Waals surface area (Å²) in [5.41, 5.74) is 6.94. The molecule has 0 amide bonds. The highest BCUT2D eigenvalue weighted by atomic mass is 79.9. The predicted octanol–water partition coefficient (Wildman–Crippen LogP) is 5.22. The average Bonchev–Trinajstić information content (AvgIpc) is 3.24. The van der Waals surface area contributed by atoms with E-state index in [0.29, 0.717) is 11.3 Å². The molecule has 0 spiro atoms. The van der Waals surface area contributed by atoms with Crippen molar-refractivity contribution in [1.29, 1.82) is 0 Å². The number of fused-ring (bicyclic) bond motifs is 1. The molecule has 132 valence electrons. The Kier molecular flexibility index (Phi) is 4.41. The fraction of sp³-hybridized carbons (Fsp3) is 0.118. The number of halogens is 3. The molecule has 0 aliphatic carbocycles. The summed E-state index contributed by atoms with van der Waals surface area (Å²) < 4.78 is 31.4. The van der Waals surface area contributed by atoms with Crippen LogP contribution in [0.5, 0.6) is 0 Å². The first-order valence-corrected chi connectivity index (χ1v) is 9.16. The molecule has 0 aliphatic rings. The van der Waals surface area contributed by atoms with E-state index in [1.165, 1.54) is 23.5 Å². The topological polar surface area (TPSA) is 77.8 Å². The van der Waals surface area contributed by atoms with Gasteiger partial charge in [-0.15, -0.1) is 11.3 Å².